The summed E-state index contributed by atoms with van der Waals surface area (Å²) in [6.07, 6.45) is -0.669. The molecule has 0 rings (SSSR count). The van der Waals surface area contributed by atoms with E-state index in [1.807, 2.05) is 0 Å². The molecule has 0 saturated heterocycles. The number of nitrogens with one attached hydrogen (secondary N) is 1. The molecule has 8 heteroatoms. The number of aliphatic carboxylic acids is 2. The van der Waals surface area contributed by atoms with Crippen LogP contribution in [0.15, 0.2) is 0 Å². The molecule has 0 aliphatic rings. The molecule has 0 spiro atoms. The van der Waals surface area contributed by atoms with Gasteiger partial charge in [0.2, 0.25) is 0 Å². The number of ether oxygens (including phenoxy) is 1. The second kappa shape index (κ2) is 8.30. The summed E-state index contributed by atoms with van der Waals surface area (Å²) in [6.45, 7) is 4.14. The van der Waals surface area contributed by atoms with E-state index < -0.39 is 30.4 Å². The molecule has 0 bridgehead atoms. The molecule has 0 saturated carbocycles. The average Bonchev–Trinajstić information content (AvgIpc) is 2.28. The maximum Gasteiger partial charge on any atom is 0.326 e. The van der Waals surface area contributed by atoms with Crippen LogP contribution >= 0.6 is 0 Å². The van der Waals surface area contributed by atoms with E-state index in [4.69, 9.17) is 14.9 Å². The molecule has 0 aromatic carbocycles. The number of urea groups is 1. The monoisotopic (exact) mass is 276 g/mol. The summed E-state index contributed by atoms with van der Waals surface area (Å²) in [5.41, 5.74) is 0. The number of hydrogen-bond acceptors (Lipinski definition) is 4. The average molecular weight is 276 g/mol. The minimum atomic E-state index is -1.45. The number of likely N-dealkylation sites (N-methyl/N-ethyl adjacent to an activating group) is 1. The first-order valence-corrected chi connectivity index (χ1v) is 5.84. The number of nitrogens with zero attached hydrogens (tertiary/aromatic N) is 1. The van der Waals surface area contributed by atoms with E-state index in [2.05, 4.69) is 5.32 Å². The molecule has 110 valence electrons. The number of methoxy groups -OCH3 is 1. The van der Waals surface area contributed by atoms with Crippen molar-refractivity contribution in [1.82, 2.24) is 10.2 Å². The van der Waals surface area contributed by atoms with Crippen molar-refractivity contribution in [2.75, 3.05) is 20.3 Å². The van der Waals surface area contributed by atoms with Crippen LogP contribution in [0.3, 0.4) is 0 Å². The standard InChI is InChI=1S/C11H20N2O6/c1-4-13(7(2)6-19-3)11(18)12-8(10(16)17)5-9(14)15/h7-8H,4-6H2,1-3H3,(H,12,18)(H,14,15)(H,16,17)/t7?,8-/m0/s1. The molecule has 0 heterocycles. The first-order valence-electron chi connectivity index (χ1n) is 5.84. The number of carboxylic acids is 2. The van der Waals surface area contributed by atoms with Gasteiger partial charge in [0.15, 0.2) is 0 Å². The Labute approximate surface area is 111 Å². The van der Waals surface area contributed by atoms with Crippen LogP contribution in [-0.2, 0) is 14.3 Å². The van der Waals surface area contributed by atoms with Gasteiger partial charge in [-0.25, -0.2) is 9.59 Å². The summed E-state index contributed by atoms with van der Waals surface area (Å²) in [7, 11) is 1.49. The third-order valence-electron chi connectivity index (χ3n) is 2.52. The zero-order valence-electron chi connectivity index (χ0n) is 11.3. The fourth-order valence-electron chi connectivity index (χ4n) is 1.59. The maximum atomic E-state index is 11.9. The molecule has 2 atom stereocenters. The van der Waals surface area contributed by atoms with Crippen molar-refractivity contribution in [1.29, 1.82) is 0 Å². The fraction of sp³-hybridized carbons (Fsp3) is 0.727. The van der Waals surface area contributed by atoms with Gasteiger partial charge in [0.1, 0.15) is 6.04 Å². The van der Waals surface area contributed by atoms with Crippen LogP contribution in [0.25, 0.3) is 0 Å². The van der Waals surface area contributed by atoms with Crippen LogP contribution < -0.4 is 5.32 Å². The number of carboxylic acid groups (broad SMARTS) is 2. The second-order valence-electron chi connectivity index (χ2n) is 4.03. The Morgan fingerprint density at radius 2 is 1.89 bits per heavy atom. The van der Waals surface area contributed by atoms with E-state index in [0.717, 1.165) is 0 Å². The van der Waals surface area contributed by atoms with Gasteiger partial charge in [0.05, 0.1) is 19.1 Å². The Bertz CT molecular complexity index is 333. The molecule has 0 aliphatic heterocycles. The highest BCUT2D eigenvalue weighted by atomic mass is 16.5. The molecule has 0 fully saturated rings. The lowest BCUT2D eigenvalue weighted by Gasteiger charge is -2.28. The number of amides is 2. The van der Waals surface area contributed by atoms with E-state index >= 15 is 0 Å². The van der Waals surface area contributed by atoms with Gasteiger partial charge >= 0.3 is 18.0 Å². The third-order valence-corrected chi connectivity index (χ3v) is 2.52. The second-order valence-corrected chi connectivity index (χ2v) is 4.03. The van der Waals surface area contributed by atoms with Crippen molar-refractivity contribution >= 4 is 18.0 Å². The summed E-state index contributed by atoms with van der Waals surface area (Å²) < 4.78 is 4.92. The predicted octanol–water partition coefficient (Wildman–Crippen LogP) is -0.0193. The molecular weight excluding hydrogens is 256 g/mol. The van der Waals surface area contributed by atoms with Crippen molar-refractivity contribution in [2.24, 2.45) is 0 Å². The smallest absolute Gasteiger partial charge is 0.326 e. The first-order chi connectivity index (χ1) is 8.83. The van der Waals surface area contributed by atoms with Crippen molar-refractivity contribution in [2.45, 2.75) is 32.4 Å². The van der Waals surface area contributed by atoms with Crippen molar-refractivity contribution in [3.05, 3.63) is 0 Å². The van der Waals surface area contributed by atoms with Crippen molar-refractivity contribution in [3.8, 4) is 0 Å². The first kappa shape index (κ1) is 17.2. The molecule has 1 unspecified atom stereocenters. The third kappa shape index (κ3) is 6.05. The topological polar surface area (TPSA) is 116 Å². The van der Waals surface area contributed by atoms with Crippen molar-refractivity contribution in [3.63, 3.8) is 0 Å². The van der Waals surface area contributed by atoms with Crippen LogP contribution in [0.2, 0.25) is 0 Å². The Morgan fingerprint density at radius 1 is 1.32 bits per heavy atom. The van der Waals surface area contributed by atoms with Crippen LogP contribution in [0.1, 0.15) is 20.3 Å². The highest BCUT2D eigenvalue weighted by Gasteiger charge is 2.26. The van der Waals surface area contributed by atoms with Gasteiger partial charge in [-0.3, -0.25) is 4.79 Å². The summed E-state index contributed by atoms with van der Waals surface area (Å²) in [6, 6.07) is -2.32. The highest BCUT2D eigenvalue weighted by Crippen LogP contribution is 2.02. The van der Waals surface area contributed by atoms with E-state index in [-0.39, 0.29) is 6.04 Å². The summed E-state index contributed by atoms with van der Waals surface area (Å²) in [4.78, 5) is 34.6. The molecule has 0 aromatic rings. The summed E-state index contributed by atoms with van der Waals surface area (Å²) in [5.74, 6) is -2.67. The Balaban J connectivity index is 4.68. The van der Waals surface area contributed by atoms with Crippen LogP contribution in [0, 0.1) is 0 Å². The lowest BCUT2D eigenvalue weighted by Crippen LogP contribution is -2.52. The van der Waals surface area contributed by atoms with Gasteiger partial charge in [-0.05, 0) is 13.8 Å². The quantitative estimate of drug-likeness (QED) is 0.573. The summed E-state index contributed by atoms with van der Waals surface area (Å²) in [5, 5.41) is 19.6. The van der Waals surface area contributed by atoms with E-state index in [9.17, 15) is 14.4 Å². The van der Waals surface area contributed by atoms with Crippen molar-refractivity contribution < 1.29 is 29.3 Å². The lowest BCUT2D eigenvalue weighted by molar-refractivity contribution is -0.145. The lowest BCUT2D eigenvalue weighted by atomic mass is 10.2. The number of hydrogen-bond donors (Lipinski definition) is 3. The number of carbonyl (C=O) groups excluding carboxylic acids is 1. The van der Waals surface area contributed by atoms with Gasteiger partial charge < -0.3 is 25.2 Å². The van der Waals surface area contributed by atoms with E-state index in [1.165, 1.54) is 12.0 Å². The molecule has 19 heavy (non-hydrogen) atoms. The summed E-state index contributed by atoms with van der Waals surface area (Å²) >= 11 is 0. The number of rotatable bonds is 8. The van der Waals surface area contributed by atoms with Gasteiger partial charge in [-0.1, -0.05) is 0 Å². The molecular formula is C11H20N2O6. The normalized spacial score (nSPS) is 13.4. The zero-order valence-corrected chi connectivity index (χ0v) is 11.3. The van der Waals surface area contributed by atoms with E-state index in [0.29, 0.717) is 13.2 Å². The Hall–Kier alpha value is -1.83. The Morgan fingerprint density at radius 3 is 2.26 bits per heavy atom. The van der Waals surface area contributed by atoms with Gasteiger partial charge in [0.25, 0.3) is 0 Å². The fourth-order valence-corrected chi connectivity index (χ4v) is 1.59. The molecule has 8 nitrogen and oxygen atoms in total. The van der Waals surface area contributed by atoms with Gasteiger partial charge in [-0.15, -0.1) is 0 Å². The SMILES string of the molecule is CCN(C(=O)N[C@@H](CC(=O)O)C(=O)O)C(C)COC. The van der Waals surface area contributed by atoms with E-state index in [1.54, 1.807) is 13.8 Å². The zero-order chi connectivity index (χ0) is 15.0. The van der Waals surface area contributed by atoms with Gasteiger partial charge in [-0.2, -0.15) is 0 Å². The Kier molecular flexibility index (Phi) is 7.50. The molecule has 2 amide bonds. The molecule has 3 N–H and O–H groups in total. The number of carbonyl (C=O) groups is 3. The molecule has 0 radical (unpaired) electrons. The van der Waals surface area contributed by atoms with Crippen LogP contribution in [0.4, 0.5) is 4.79 Å². The molecule has 0 aromatic heterocycles. The van der Waals surface area contributed by atoms with Gasteiger partial charge in [0, 0.05) is 13.7 Å². The predicted molar refractivity (Wildman–Crippen MR) is 65.9 cm³/mol. The highest BCUT2D eigenvalue weighted by molar-refractivity contribution is 5.86. The molecule has 0 aliphatic carbocycles. The van der Waals surface area contributed by atoms with Crippen LogP contribution in [-0.4, -0.2) is 65.4 Å². The maximum absolute atomic E-state index is 11.9. The van der Waals surface area contributed by atoms with Crippen LogP contribution in [0.5, 0.6) is 0 Å². The minimum Gasteiger partial charge on any atom is -0.481 e. The largest absolute Gasteiger partial charge is 0.481 e. The minimum absolute atomic E-state index is 0.241.